The molecule has 1 heterocycles. The Labute approximate surface area is 194 Å². The van der Waals surface area contributed by atoms with Crippen LogP contribution in [0.1, 0.15) is 6.42 Å². The van der Waals surface area contributed by atoms with E-state index in [2.05, 4.69) is 4.99 Å². The first-order valence-electron chi connectivity index (χ1n) is 9.48. The van der Waals surface area contributed by atoms with Crippen LogP contribution in [0.3, 0.4) is 0 Å². The lowest BCUT2D eigenvalue weighted by atomic mass is 10.3. The Morgan fingerprint density at radius 1 is 1.16 bits per heavy atom. The summed E-state index contributed by atoms with van der Waals surface area (Å²) in [7, 11) is -1.67. The minimum absolute atomic E-state index is 0.186. The second kappa shape index (κ2) is 10.7. The van der Waals surface area contributed by atoms with Crippen molar-refractivity contribution >= 4 is 60.8 Å². The third-order valence-electron chi connectivity index (χ3n) is 4.47. The number of nitrogens with zero attached hydrogens (tertiary/aromatic N) is 2. The van der Waals surface area contributed by atoms with E-state index in [4.69, 9.17) is 4.74 Å². The first-order chi connectivity index (χ1) is 14.8. The molecule has 10 heteroatoms. The number of aryl methyl sites for hydroxylation is 1. The highest BCUT2D eigenvalue weighted by atomic mass is 32.2. The first-order valence-corrected chi connectivity index (χ1v) is 14.6. The van der Waals surface area contributed by atoms with E-state index in [1.165, 1.54) is 17.6 Å². The van der Waals surface area contributed by atoms with E-state index >= 15 is 0 Å². The Balaban J connectivity index is 1.80. The molecule has 0 saturated carbocycles. The van der Waals surface area contributed by atoms with Crippen molar-refractivity contribution in [3.63, 3.8) is 0 Å². The first kappa shape index (κ1) is 23.9. The van der Waals surface area contributed by atoms with Crippen LogP contribution in [0.4, 0.5) is 0 Å². The van der Waals surface area contributed by atoms with Crippen molar-refractivity contribution in [2.24, 2.45) is 4.99 Å². The van der Waals surface area contributed by atoms with Crippen LogP contribution in [0, 0.1) is 0 Å². The molecule has 31 heavy (non-hydrogen) atoms. The molecule has 2 aromatic carbocycles. The maximum Gasteiger partial charge on any atom is 0.249 e. The second-order valence-corrected chi connectivity index (χ2v) is 11.9. The third-order valence-corrected chi connectivity index (χ3v) is 8.22. The molecular formula is C21H24N2O4S4. The minimum Gasteiger partial charge on any atom is -0.497 e. The number of rotatable bonds is 9. The summed E-state index contributed by atoms with van der Waals surface area (Å²) in [6, 6.07) is 12.8. The maximum atomic E-state index is 12.5. The number of benzene rings is 2. The van der Waals surface area contributed by atoms with Crippen LogP contribution in [0.25, 0.3) is 10.2 Å². The Kier molecular flexibility index (Phi) is 8.26. The Morgan fingerprint density at radius 3 is 2.55 bits per heavy atom. The zero-order valence-electron chi connectivity index (χ0n) is 17.5. The molecule has 6 nitrogen and oxygen atoms in total. The number of hydrogen-bond acceptors (Lipinski definition) is 7. The number of aromatic nitrogens is 1. The lowest BCUT2D eigenvalue weighted by molar-refractivity contribution is -0.117. The van der Waals surface area contributed by atoms with Gasteiger partial charge in [0.2, 0.25) is 5.91 Å². The van der Waals surface area contributed by atoms with E-state index in [0.717, 1.165) is 26.6 Å². The number of thioether (sulfide) groups is 2. The van der Waals surface area contributed by atoms with Crippen LogP contribution < -0.4 is 9.54 Å². The number of carbonyl (C=O) groups is 1. The van der Waals surface area contributed by atoms with Gasteiger partial charge in [0.15, 0.2) is 14.6 Å². The molecule has 0 atom stereocenters. The maximum absolute atomic E-state index is 12.5. The summed E-state index contributed by atoms with van der Waals surface area (Å²) in [4.78, 5) is 18.8. The molecule has 0 fully saturated rings. The molecule has 0 N–H and O–H groups in total. The van der Waals surface area contributed by atoms with Gasteiger partial charge in [-0.15, -0.1) is 11.8 Å². The van der Waals surface area contributed by atoms with Crippen LogP contribution in [0.2, 0.25) is 0 Å². The van der Waals surface area contributed by atoms with Gasteiger partial charge in [-0.25, -0.2) is 8.42 Å². The quantitative estimate of drug-likeness (QED) is 0.415. The zero-order chi connectivity index (χ0) is 22.4. The van der Waals surface area contributed by atoms with Gasteiger partial charge in [0.25, 0.3) is 0 Å². The summed E-state index contributed by atoms with van der Waals surface area (Å²) in [6.45, 7) is 0.700. The van der Waals surface area contributed by atoms with Crippen molar-refractivity contribution < 1.29 is 17.9 Å². The van der Waals surface area contributed by atoms with Gasteiger partial charge >= 0.3 is 0 Å². The molecule has 0 aliphatic rings. The van der Waals surface area contributed by atoms with Crippen molar-refractivity contribution in [3.8, 4) is 5.75 Å². The van der Waals surface area contributed by atoms with E-state index in [1.807, 2.05) is 35.1 Å². The van der Waals surface area contributed by atoms with Gasteiger partial charge in [-0.05, 0) is 48.7 Å². The van der Waals surface area contributed by atoms with E-state index in [9.17, 15) is 13.2 Å². The number of fused-ring (bicyclic) bond motifs is 1. The smallest absolute Gasteiger partial charge is 0.249 e. The van der Waals surface area contributed by atoms with E-state index in [-0.39, 0.29) is 10.8 Å². The van der Waals surface area contributed by atoms with E-state index in [1.54, 1.807) is 48.8 Å². The highest BCUT2D eigenvalue weighted by Gasteiger charge is 2.13. The monoisotopic (exact) mass is 496 g/mol. The number of amides is 1. The summed E-state index contributed by atoms with van der Waals surface area (Å²) in [5.74, 6) is 2.11. The highest BCUT2D eigenvalue weighted by molar-refractivity contribution is 7.99. The molecule has 0 bridgehead atoms. The third kappa shape index (κ3) is 6.38. The van der Waals surface area contributed by atoms with Crippen molar-refractivity contribution in [2.45, 2.75) is 22.8 Å². The number of ether oxygens (including phenoxy) is 1. The molecule has 0 aliphatic heterocycles. The minimum atomic E-state index is -3.30. The SMILES string of the molecule is COc1ccc(SCCC(=O)N=c2sc3cc(S(C)(=O)=O)ccc3n2CCSC)cc1. The van der Waals surface area contributed by atoms with Crippen molar-refractivity contribution in [3.05, 3.63) is 47.3 Å². The largest absolute Gasteiger partial charge is 0.497 e. The lowest BCUT2D eigenvalue weighted by Gasteiger charge is -2.05. The van der Waals surface area contributed by atoms with Crippen molar-refractivity contribution in [2.75, 3.05) is 31.1 Å². The van der Waals surface area contributed by atoms with Gasteiger partial charge in [0.1, 0.15) is 5.75 Å². The summed E-state index contributed by atoms with van der Waals surface area (Å²) in [5, 5.41) is 0. The molecule has 0 unspecified atom stereocenters. The highest BCUT2D eigenvalue weighted by Crippen LogP contribution is 2.23. The van der Waals surface area contributed by atoms with Crippen LogP contribution in [-0.2, 0) is 21.2 Å². The summed E-state index contributed by atoms with van der Waals surface area (Å²) in [6.07, 6.45) is 3.54. The van der Waals surface area contributed by atoms with Gasteiger partial charge in [0, 0.05) is 35.6 Å². The average Bonchev–Trinajstić information content (AvgIpc) is 3.08. The Bertz CT molecular complexity index is 1230. The summed E-state index contributed by atoms with van der Waals surface area (Å²) in [5.41, 5.74) is 0.894. The Hall–Kier alpha value is -1.75. The van der Waals surface area contributed by atoms with Crippen LogP contribution in [0.15, 0.2) is 57.2 Å². The van der Waals surface area contributed by atoms with Crippen LogP contribution in [-0.4, -0.2) is 50.0 Å². The predicted molar refractivity (Wildman–Crippen MR) is 130 cm³/mol. The molecule has 1 amide bonds. The molecule has 3 aromatic rings. The standard InChI is InChI=1S/C21H24N2O4S4/c1-27-15-4-6-16(7-5-15)29-12-10-20(24)22-21-23(11-13-28-2)18-9-8-17(31(3,25)26)14-19(18)30-21/h4-9,14H,10-13H2,1-3H3. The fourth-order valence-corrected chi connectivity index (χ4v) is 5.90. The normalized spacial score (nSPS) is 12.4. The second-order valence-electron chi connectivity index (χ2n) is 6.71. The fourth-order valence-electron chi connectivity index (χ4n) is 2.86. The van der Waals surface area contributed by atoms with Crippen molar-refractivity contribution in [1.82, 2.24) is 4.57 Å². The number of hydrogen-bond donors (Lipinski definition) is 0. The average molecular weight is 497 g/mol. The topological polar surface area (TPSA) is 77.7 Å². The Morgan fingerprint density at radius 2 is 1.90 bits per heavy atom. The zero-order valence-corrected chi connectivity index (χ0v) is 20.8. The summed E-state index contributed by atoms with van der Waals surface area (Å²) >= 11 is 4.65. The van der Waals surface area contributed by atoms with Crippen molar-refractivity contribution in [1.29, 1.82) is 0 Å². The van der Waals surface area contributed by atoms with Gasteiger partial charge in [0.05, 0.1) is 22.2 Å². The molecule has 0 radical (unpaired) electrons. The van der Waals surface area contributed by atoms with Gasteiger partial charge < -0.3 is 9.30 Å². The predicted octanol–water partition coefficient (Wildman–Crippen LogP) is 4.09. The van der Waals surface area contributed by atoms with Crippen LogP contribution in [0.5, 0.6) is 5.75 Å². The molecule has 166 valence electrons. The molecular weight excluding hydrogens is 473 g/mol. The number of thiazole rings is 1. The molecule has 0 saturated heterocycles. The lowest BCUT2D eigenvalue weighted by Crippen LogP contribution is -2.18. The summed E-state index contributed by atoms with van der Waals surface area (Å²) < 4.78 is 31.8. The molecule has 0 spiro atoms. The number of methoxy groups -OCH3 is 1. The molecule has 1 aromatic heterocycles. The van der Waals surface area contributed by atoms with Crippen LogP contribution >= 0.6 is 34.9 Å². The van der Waals surface area contributed by atoms with Gasteiger partial charge in [-0.1, -0.05) is 11.3 Å². The van der Waals surface area contributed by atoms with Gasteiger partial charge in [-0.3, -0.25) is 4.79 Å². The molecule has 3 rings (SSSR count). The van der Waals surface area contributed by atoms with Gasteiger partial charge in [-0.2, -0.15) is 16.8 Å². The fraction of sp³-hybridized carbons (Fsp3) is 0.333. The number of sulfone groups is 1. The van der Waals surface area contributed by atoms with E-state index in [0.29, 0.717) is 23.5 Å². The molecule has 0 aliphatic carbocycles. The number of carbonyl (C=O) groups excluding carboxylic acids is 1. The van der Waals surface area contributed by atoms with E-state index < -0.39 is 9.84 Å².